The molecule has 5 nitrogen and oxygen atoms in total. The average molecular weight is 299 g/mol. The molecule has 0 radical (unpaired) electrons. The van der Waals surface area contributed by atoms with Gasteiger partial charge in [-0.15, -0.1) is 15.3 Å². The van der Waals surface area contributed by atoms with E-state index in [4.69, 9.17) is 0 Å². The van der Waals surface area contributed by atoms with E-state index in [1.54, 1.807) is 6.07 Å². The summed E-state index contributed by atoms with van der Waals surface area (Å²) in [7, 11) is 0. The fourth-order valence-corrected chi connectivity index (χ4v) is 2.76. The minimum Gasteiger partial charge on any atom is -0.366 e. The van der Waals surface area contributed by atoms with Crippen LogP contribution in [0.25, 0.3) is 5.65 Å². The van der Waals surface area contributed by atoms with Crippen LogP contribution in [0.2, 0.25) is 0 Å². The van der Waals surface area contributed by atoms with Gasteiger partial charge in [0.2, 0.25) is 0 Å². The molecule has 3 rings (SSSR count). The van der Waals surface area contributed by atoms with Crippen molar-refractivity contribution in [2.75, 3.05) is 5.32 Å². The lowest BCUT2D eigenvalue weighted by Gasteiger charge is -2.29. The smallest absolute Gasteiger partial charge is 0.366 e. The van der Waals surface area contributed by atoms with E-state index in [0.717, 1.165) is 23.8 Å². The van der Waals surface area contributed by atoms with E-state index in [1.165, 1.54) is 12.5 Å². The Bertz CT molecular complexity index is 636. The fraction of sp³-hybridized carbons (Fsp3) is 0.615. The average Bonchev–Trinajstić information content (AvgIpc) is 2.84. The maximum absolute atomic E-state index is 12.8. The van der Waals surface area contributed by atoms with Crippen LogP contribution in [0.5, 0.6) is 0 Å². The van der Waals surface area contributed by atoms with Gasteiger partial charge in [-0.1, -0.05) is 19.8 Å². The van der Waals surface area contributed by atoms with Gasteiger partial charge in [-0.05, 0) is 30.9 Å². The third-order valence-electron chi connectivity index (χ3n) is 3.96. The Kier molecular flexibility index (Phi) is 3.46. The SMILES string of the molecule is CC1CCCCC1Nc1ccc2nnc(C(F)(F)F)n2n1. The molecule has 0 aromatic carbocycles. The molecule has 0 saturated heterocycles. The van der Waals surface area contributed by atoms with Gasteiger partial charge in [-0.3, -0.25) is 0 Å². The molecule has 1 aliphatic rings. The zero-order valence-electron chi connectivity index (χ0n) is 11.6. The summed E-state index contributed by atoms with van der Waals surface area (Å²) in [6.07, 6.45) is -0.0984. The summed E-state index contributed by atoms with van der Waals surface area (Å²) in [5.74, 6) is -0.191. The second-order valence-electron chi connectivity index (χ2n) is 5.52. The van der Waals surface area contributed by atoms with Crippen molar-refractivity contribution in [3.05, 3.63) is 18.0 Å². The van der Waals surface area contributed by atoms with E-state index >= 15 is 0 Å². The summed E-state index contributed by atoms with van der Waals surface area (Å²) >= 11 is 0. The molecule has 0 bridgehead atoms. The van der Waals surface area contributed by atoms with E-state index in [2.05, 4.69) is 27.5 Å². The van der Waals surface area contributed by atoms with Crippen LogP contribution in [0.15, 0.2) is 12.1 Å². The first-order valence-corrected chi connectivity index (χ1v) is 7.01. The molecule has 0 amide bonds. The highest BCUT2D eigenvalue weighted by Gasteiger charge is 2.37. The van der Waals surface area contributed by atoms with Crippen molar-refractivity contribution in [3.63, 3.8) is 0 Å². The molecule has 8 heteroatoms. The highest BCUT2D eigenvalue weighted by Crippen LogP contribution is 2.29. The first-order chi connectivity index (χ1) is 9.95. The number of hydrogen-bond acceptors (Lipinski definition) is 4. The number of nitrogens with zero attached hydrogens (tertiary/aromatic N) is 4. The zero-order chi connectivity index (χ0) is 15.0. The monoisotopic (exact) mass is 299 g/mol. The summed E-state index contributed by atoms with van der Waals surface area (Å²) in [4.78, 5) is 0. The van der Waals surface area contributed by atoms with Crippen LogP contribution in [0.1, 0.15) is 38.4 Å². The summed E-state index contributed by atoms with van der Waals surface area (Å²) < 4.78 is 39.2. The molecule has 1 saturated carbocycles. The zero-order valence-corrected chi connectivity index (χ0v) is 11.6. The molecule has 21 heavy (non-hydrogen) atoms. The molecule has 2 aromatic rings. The van der Waals surface area contributed by atoms with Gasteiger partial charge in [0, 0.05) is 6.04 Å². The fourth-order valence-electron chi connectivity index (χ4n) is 2.76. The minimum absolute atomic E-state index is 0.0876. The molecule has 1 fully saturated rings. The number of hydrogen-bond donors (Lipinski definition) is 1. The molecule has 0 aliphatic heterocycles. The predicted octanol–water partition coefficient (Wildman–Crippen LogP) is 3.13. The molecular formula is C13H16F3N5. The van der Waals surface area contributed by atoms with Gasteiger partial charge in [-0.2, -0.15) is 17.7 Å². The van der Waals surface area contributed by atoms with Gasteiger partial charge in [0.1, 0.15) is 5.82 Å². The van der Waals surface area contributed by atoms with Gasteiger partial charge < -0.3 is 5.32 Å². The van der Waals surface area contributed by atoms with E-state index < -0.39 is 12.0 Å². The molecule has 0 spiro atoms. The van der Waals surface area contributed by atoms with Crippen molar-refractivity contribution in [2.24, 2.45) is 5.92 Å². The Morgan fingerprint density at radius 3 is 2.67 bits per heavy atom. The van der Waals surface area contributed by atoms with Gasteiger partial charge >= 0.3 is 6.18 Å². The Morgan fingerprint density at radius 2 is 1.95 bits per heavy atom. The van der Waals surface area contributed by atoms with E-state index in [1.807, 2.05) is 0 Å². The maximum Gasteiger partial charge on any atom is 0.453 e. The van der Waals surface area contributed by atoms with Gasteiger partial charge in [0.25, 0.3) is 5.82 Å². The standard InChI is InChI=1S/C13H16F3N5/c1-8-4-2-3-5-9(8)17-10-6-7-11-18-19-12(13(14,15)16)21(11)20-10/h6-9H,2-5H2,1H3,(H,17,20). The third-order valence-corrected chi connectivity index (χ3v) is 3.96. The summed E-state index contributed by atoms with van der Waals surface area (Å²) in [6.45, 7) is 2.15. The molecule has 2 unspecified atom stereocenters. The Labute approximate surface area is 119 Å². The lowest BCUT2D eigenvalue weighted by atomic mass is 9.86. The lowest BCUT2D eigenvalue weighted by molar-refractivity contribution is -0.146. The first-order valence-electron chi connectivity index (χ1n) is 7.01. The van der Waals surface area contributed by atoms with Gasteiger partial charge in [0.15, 0.2) is 5.65 Å². The second-order valence-corrected chi connectivity index (χ2v) is 5.52. The number of anilines is 1. The maximum atomic E-state index is 12.8. The molecular weight excluding hydrogens is 283 g/mol. The van der Waals surface area contributed by atoms with Gasteiger partial charge in [0.05, 0.1) is 0 Å². The number of alkyl halides is 3. The van der Waals surface area contributed by atoms with Crippen molar-refractivity contribution in [1.82, 2.24) is 19.8 Å². The number of aromatic nitrogens is 4. The highest BCUT2D eigenvalue weighted by molar-refractivity contribution is 5.44. The Hall–Kier alpha value is -1.86. The molecule has 2 aromatic heterocycles. The number of nitrogens with one attached hydrogen (secondary N) is 1. The third kappa shape index (κ3) is 2.79. The van der Waals surface area contributed by atoms with Crippen LogP contribution in [-0.4, -0.2) is 25.9 Å². The van der Waals surface area contributed by atoms with Gasteiger partial charge in [-0.25, -0.2) is 0 Å². The van der Waals surface area contributed by atoms with Crippen LogP contribution in [0.4, 0.5) is 19.0 Å². The lowest BCUT2D eigenvalue weighted by Crippen LogP contribution is -2.31. The molecule has 1 N–H and O–H groups in total. The highest BCUT2D eigenvalue weighted by atomic mass is 19.4. The summed E-state index contributed by atoms with van der Waals surface area (Å²) in [5.41, 5.74) is 0.0876. The van der Waals surface area contributed by atoms with Crippen molar-refractivity contribution in [1.29, 1.82) is 0 Å². The van der Waals surface area contributed by atoms with Crippen molar-refractivity contribution in [2.45, 2.75) is 44.8 Å². The number of halogens is 3. The topological polar surface area (TPSA) is 55.1 Å². The molecule has 1 aliphatic carbocycles. The second kappa shape index (κ2) is 5.16. The van der Waals surface area contributed by atoms with E-state index in [-0.39, 0.29) is 11.7 Å². The van der Waals surface area contributed by atoms with Crippen LogP contribution < -0.4 is 5.32 Å². The Morgan fingerprint density at radius 1 is 1.19 bits per heavy atom. The molecule has 2 atom stereocenters. The number of rotatable bonds is 2. The predicted molar refractivity (Wildman–Crippen MR) is 70.8 cm³/mol. The largest absolute Gasteiger partial charge is 0.453 e. The Balaban J connectivity index is 1.89. The quantitative estimate of drug-likeness (QED) is 0.925. The summed E-state index contributed by atoms with van der Waals surface area (Å²) in [5, 5.41) is 13.9. The van der Waals surface area contributed by atoms with Crippen LogP contribution in [0.3, 0.4) is 0 Å². The summed E-state index contributed by atoms with van der Waals surface area (Å²) in [6, 6.07) is 3.38. The number of fused-ring (bicyclic) bond motifs is 1. The van der Waals surface area contributed by atoms with Crippen LogP contribution in [0, 0.1) is 5.92 Å². The molecule has 114 valence electrons. The normalized spacial score (nSPS) is 23.4. The van der Waals surface area contributed by atoms with Crippen molar-refractivity contribution >= 4 is 11.5 Å². The van der Waals surface area contributed by atoms with Crippen LogP contribution >= 0.6 is 0 Å². The van der Waals surface area contributed by atoms with Crippen molar-refractivity contribution < 1.29 is 13.2 Å². The van der Waals surface area contributed by atoms with Crippen molar-refractivity contribution in [3.8, 4) is 0 Å². The van der Waals surface area contributed by atoms with E-state index in [9.17, 15) is 13.2 Å². The molecule has 2 heterocycles. The van der Waals surface area contributed by atoms with Crippen LogP contribution in [-0.2, 0) is 6.18 Å². The first kappa shape index (κ1) is 14.1. The van der Waals surface area contributed by atoms with E-state index in [0.29, 0.717) is 11.7 Å². The minimum atomic E-state index is -4.57.